The number of carbonyl (C=O) groups excluding carboxylic acids is 1. The molecule has 0 aliphatic rings. The van der Waals surface area contributed by atoms with E-state index in [0.717, 1.165) is 0 Å². The highest BCUT2D eigenvalue weighted by atomic mass is 35.5. The molecular formula is C13H19ClN2O2. The lowest BCUT2D eigenvalue weighted by Gasteiger charge is -2.22. The van der Waals surface area contributed by atoms with Crippen LogP contribution < -0.4 is 10.1 Å². The molecule has 0 spiro atoms. The van der Waals surface area contributed by atoms with E-state index >= 15 is 0 Å². The lowest BCUT2D eigenvalue weighted by Crippen LogP contribution is -2.27. The fourth-order valence-corrected chi connectivity index (χ4v) is 1.45. The Morgan fingerprint density at radius 2 is 1.94 bits per heavy atom. The van der Waals surface area contributed by atoms with Gasteiger partial charge in [0, 0.05) is 19.8 Å². The van der Waals surface area contributed by atoms with Crippen molar-refractivity contribution < 1.29 is 9.53 Å². The van der Waals surface area contributed by atoms with E-state index in [0.29, 0.717) is 16.5 Å². The minimum atomic E-state index is -0.307. The molecule has 0 unspecified atom stereocenters. The first kappa shape index (κ1) is 14.6. The maximum absolute atomic E-state index is 11.5. The van der Waals surface area contributed by atoms with Crippen molar-refractivity contribution in [2.45, 2.75) is 26.4 Å². The summed E-state index contributed by atoms with van der Waals surface area (Å²) in [5.74, 6) is 0.604. The van der Waals surface area contributed by atoms with Gasteiger partial charge in [-0.15, -0.1) is 0 Å². The fourth-order valence-electron chi connectivity index (χ4n) is 1.23. The Hall–Kier alpha value is -1.42. The van der Waals surface area contributed by atoms with E-state index in [1.165, 1.54) is 4.90 Å². The zero-order chi connectivity index (χ0) is 13.9. The molecule has 5 heteroatoms. The molecule has 18 heavy (non-hydrogen) atoms. The Morgan fingerprint density at radius 3 is 2.39 bits per heavy atom. The van der Waals surface area contributed by atoms with E-state index in [9.17, 15) is 4.79 Å². The molecular weight excluding hydrogens is 252 g/mol. The van der Waals surface area contributed by atoms with Gasteiger partial charge in [-0.25, -0.2) is 4.79 Å². The highest BCUT2D eigenvalue weighted by Gasteiger charge is 2.14. The molecule has 4 nitrogen and oxygen atoms in total. The molecule has 100 valence electrons. The number of ether oxygens (including phenoxy) is 1. The topological polar surface area (TPSA) is 41.6 Å². The van der Waals surface area contributed by atoms with Gasteiger partial charge < -0.3 is 15.0 Å². The molecule has 0 aliphatic heterocycles. The summed E-state index contributed by atoms with van der Waals surface area (Å²) in [7, 11) is 3.35. The quantitative estimate of drug-likeness (QED) is 0.892. The molecule has 0 fully saturated rings. The summed E-state index contributed by atoms with van der Waals surface area (Å²) in [5.41, 5.74) is 0.331. The summed E-state index contributed by atoms with van der Waals surface area (Å²) >= 11 is 6.11. The first-order chi connectivity index (χ1) is 8.19. The van der Waals surface area contributed by atoms with Gasteiger partial charge in [-0.1, -0.05) is 11.6 Å². The number of hydrogen-bond donors (Lipinski definition) is 1. The minimum Gasteiger partial charge on any atom is -0.487 e. The van der Waals surface area contributed by atoms with E-state index in [1.54, 1.807) is 32.3 Å². The van der Waals surface area contributed by atoms with Crippen LogP contribution in [0.2, 0.25) is 5.02 Å². The zero-order valence-electron chi connectivity index (χ0n) is 11.4. The highest BCUT2D eigenvalue weighted by Crippen LogP contribution is 2.30. The van der Waals surface area contributed by atoms with Gasteiger partial charge in [0.2, 0.25) is 0 Å². The van der Waals surface area contributed by atoms with Gasteiger partial charge in [0.25, 0.3) is 0 Å². The van der Waals surface area contributed by atoms with Crippen molar-refractivity contribution in [3.05, 3.63) is 23.2 Å². The fraction of sp³-hybridized carbons (Fsp3) is 0.462. The molecule has 1 N–H and O–H groups in total. The number of nitrogens with one attached hydrogen (secondary N) is 1. The first-order valence-corrected chi connectivity index (χ1v) is 6.04. The van der Waals surface area contributed by atoms with Crippen LogP contribution in [0.15, 0.2) is 18.2 Å². The SMILES string of the molecule is CN(C)C(=O)Nc1ccc(OC(C)(C)C)c(Cl)c1. The Balaban J connectivity index is 2.83. The van der Waals surface area contributed by atoms with Gasteiger partial charge in [-0.3, -0.25) is 0 Å². The van der Waals surface area contributed by atoms with Crippen molar-refractivity contribution >= 4 is 23.3 Å². The monoisotopic (exact) mass is 270 g/mol. The second-order valence-corrected chi connectivity index (χ2v) is 5.59. The van der Waals surface area contributed by atoms with Crippen LogP contribution in [0.3, 0.4) is 0 Å². The van der Waals surface area contributed by atoms with E-state index in [4.69, 9.17) is 16.3 Å². The molecule has 0 aromatic heterocycles. The number of carbonyl (C=O) groups is 1. The number of benzene rings is 1. The molecule has 1 aromatic rings. The van der Waals surface area contributed by atoms with Crippen molar-refractivity contribution in [1.82, 2.24) is 4.90 Å². The Morgan fingerprint density at radius 1 is 1.33 bits per heavy atom. The highest BCUT2D eigenvalue weighted by molar-refractivity contribution is 6.32. The molecule has 0 atom stereocenters. The van der Waals surface area contributed by atoms with Gasteiger partial charge in [0.1, 0.15) is 11.4 Å². The molecule has 0 bridgehead atoms. The average molecular weight is 271 g/mol. The third kappa shape index (κ3) is 4.45. The minimum absolute atomic E-state index is 0.199. The predicted molar refractivity (Wildman–Crippen MR) is 74.5 cm³/mol. The maximum atomic E-state index is 11.5. The second kappa shape index (κ2) is 5.48. The van der Waals surface area contributed by atoms with Crippen molar-refractivity contribution in [2.24, 2.45) is 0 Å². The summed E-state index contributed by atoms with van der Waals surface area (Å²) in [6, 6.07) is 4.98. The molecule has 0 radical (unpaired) electrons. The lowest BCUT2D eigenvalue weighted by molar-refractivity contribution is 0.131. The smallest absolute Gasteiger partial charge is 0.321 e. The molecule has 2 amide bonds. The van der Waals surface area contributed by atoms with Crippen LogP contribution in [0, 0.1) is 0 Å². The number of amides is 2. The van der Waals surface area contributed by atoms with Crippen LogP contribution in [-0.2, 0) is 0 Å². The Kier molecular flexibility index (Phi) is 4.46. The average Bonchev–Trinajstić information content (AvgIpc) is 2.20. The molecule has 0 saturated carbocycles. The van der Waals surface area contributed by atoms with E-state index in [1.807, 2.05) is 20.8 Å². The summed E-state index contributed by atoms with van der Waals surface area (Å²) in [6.45, 7) is 5.85. The van der Waals surface area contributed by atoms with Crippen LogP contribution in [0.5, 0.6) is 5.75 Å². The second-order valence-electron chi connectivity index (χ2n) is 5.18. The van der Waals surface area contributed by atoms with E-state index < -0.39 is 0 Å². The van der Waals surface area contributed by atoms with Crippen molar-refractivity contribution in [1.29, 1.82) is 0 Å². The zero-order valence-corrected chi connectivity index (χ0v) is 12.1. The van der Waals surface area contributed by atoms with Gasteiger partial charge in [0.15, 0.2) is 0 Å². The lowest BCUT2D eigenvalue weighted by atomic mass is 10.2. The number of halogens is 1. The number of hydrogen-bond acceptors (Lipinski definition) is 2. The predicted octanol–water partition coefficient (Wildman–Crippen LogP) is 3.61. The van der Waals surface area contributed by atoms with Crippen molar-refractivity contribution in [2.75, 3.05) is 19.4 Å². The van der Waals surface area contributed by atoms with Gasteiger partial charge >= 0.3 is 6.03 Å². The van der Waals surface area contributed by atoms with Crippen molar-refractivity contribution in [3.63, 3.8) is 0 Å². The number of rotatable bonds is 2. The standard InChI is InChI=1S/C13H19ClN2O2/c1-13(2,3)18-11-7-6-9(8-10(11)14)15-12(17)16(4)5/h6-8H,1-5H3,(H,15,17). The molecule has 0 heterocycles. The van der Waals surface area contributed by atoms with E-state index in [2.05, 4.69) is 5.32 Å². The Bertz CT molecular complexity index is 439. The third-order valence-corrected chi connectivity index (χ3v) is 2.30. The maximum Gasteiger partial charge on any atom is 0.321 e. The van der Waals surface area contributed by atoms with Gasteiger partial charge in [-0.05, 0) is 39.0 Å². The van der Waals surface area contributed by atoms with Crippen LogP contribution in [0.1, 0.15) is 20.8 Å². The number of urea groups is 1. The van der Waals surface area contributed by atoms with Gasteiger partial charge in [0.05, 0.1) is 5.02 Å². The molecule has 1 rings (SSSR count). The normalized spacial score (nSPS) is 11.0. The number of anilines is 1. The first-order valence-electron chi connectivity index (χ1n) is 5.66. The van der Waals surface area contributed by atoms with Crippen LogP contribution >= 0.6 is 11.6 Å². The van der Waals surface area contributed by atoms with Crippen LogP contribution in [0.25, 0.3) is 0 Å². The van der Waals surface area contributed by atoms with E-state index in [-0.39, 0.29) is 11.6 Å². The third-order valence-electron chi connectivity index (χ3n) is 2.01. The molecule has 0 saturated heterocycles. The largest absolute Gasteiger partial charge is 0.487 e. The summed E-state index contributed by atoms with van der Waals surface area (Å²) in [5, 5.41) is 3.19. The van der Waals surface area contributed by atoms with Crippen LogP contribution in [0.4, 0.5) is 10.5 Å². The molecule has 1 aromatic carbocycles. The van der Waals surface area contributed by atoms with Crippen molar-refractivity contribution in [3.8, 4) is 5.75 Å². The summed E-state index contributed by atoms with van der Waals surface area (Å²) in [6.07, 6.45) is 0. The van der Waals surface area contributed by atoms with Gasteiger partial charge in [-0.2, -0.15) is 0 Å². The van der Waals surface area contributed by atoms with Crippen LogP contribution in [-0.4, -0.2) is 30.6 Å². The summed E-state index contributed by atoms with van der Waals surface area (Å²) < 4.78 is 5.68. The summed E-state index contributed by atoms with van der Waals surface area (Å²) in [4.78, 5) is 12.9. The number of nitrogens with zero attached hydrogens (tertiary/aromatic N) is 1. The molecule has 0 aliphatic carbocycles. The Labute approximate surface area is 113 Å².